The Morgan fingerprint density at radius 2 is 2.24 bits per heavy atom. The Balaban J connectivity index is 2.10. The van der Waals surface area contributed by atoms with Crippen LogP contribution in [0.2, 0.25) is 0 Å². The fourth-order valence-electron chi connectivity index (χ4n) is 1.70. The first-order chi connectivity index (χ1) is 9.97. The fraction of sp³-hybridized carbons (Fsp3) is 0.154. The van der Waals surface area contributed by atoms with Gasteiger partial charge in [-0.15, -0.1) is 0 Å². The molecule has 3 N–H and O–H groups in total. The first-order valence-electron chi connectivity index (χ1n) is 5.93. The van der Waals surface area contributed by atoms with E-state index < -0.39 is 23.7 Å². The molecule has 21 heavy (non-hydrogen) atoms. The number of carboxylic acids is 1. The normalized spacial score (nSPS) is 11.9. The van der Waals surface area contributed by atoms with Crippen LogP contribution in [0.15, 0.2) is 35.2 Å². The quantitative estimate of drug-likeness (QED) is 0.761. The van der Waals surface area contributed by atoms with Gasteiger partial charge in [-0.1, -0.05) is 0 Å². The molecule has 2 rings (SSSR count). The molecule has 0 radical (unpaired) electrons. The lowest BCUT2D eigenvalue weighted by Gasteiger charge is -2.13. The Morgan fingerprint density at radius 3 is 2.81 bits per heavy atom. The van der Waals surface area contributed by atoms with E-state index in [4.69, 9.17) is 5.11 Å². The molecule has 6 nitrogen and oxygen atoms in total. The molecule has 0 aliphatic carbocycles. The predicted molar refractivity (Wildman–Crippen MR) is 75.3 cm³/mol. The average molecular weight is 356 g/mol. The molecule has 1 aromatic heterocycles. The second-order valence-electron chi connectivity index (χ2n) is 4.27. The molecule has 110 valence electrons. The van der Waals surface area contributed by atoms with E-state index in [1.54, 1.807) is 0 Å². The maximum atomic E-state index is 13.4. The number of carboxylic acid groups (broad SMARTS) is 1. The summed E-state index contributed by atoms with van der Waals surface area (Å²) in [5, 5.41) is 11.5. The zero-order chi connectivity index (χ0) is 15.4. The lowest BCUT2D eigenvalue weighted by molar-refractivity contribution is -0.139. The van der Waals surface area contributed by atoms with Crippen LogP contribution in [0.4, 0.5) is 4.39 Å². The van der Waals surface area contributed by atoms with Crippen molar-refractivity contribution in [3.05, 3.63) is 52.3 Å². The molecule has 1 amide bonds. The van der Waals surface area contributed by atoms with E-state index in [1.165, 1.54) is 24.7 Å². The van der Waals surface area contributed by atoms with Gasteiger partial charge in [-0.2, -0.15) is 0 Å². The third-order valence-corrected chi connectivity index (χ3v) is 3.41. The van der Waals surface area contributed by atoms with Crippen LogP contribution in [-0.2, 0) is 11.2 Å². The van der Waals surface area contributed by atoms with Gasteiger partial charge < -0.3 is 15.4 Å². The van der Waals surface area contributed by atoms with E-state index in [2.05, 4.69) is 31.2 Å². The second kappa shape index (κ2) is 6.49. The molecule has 2 aromatic rings. The number of hydrogen-bond acceptors (Lipinski definition) is 3. The molecular weight excluding hydrogens is 345 g/mol. The van der Waals surface area contributed by atoms with Crippen LogP contribution in [0.1, 0.15) is 16.1 Å². The molecule has 0 unspecified atom stereocenters. The van der Waals surface area contributed by atoms with Crippen molar-refractivity contribution in [2.45, 2.75) is 12.5 Å². The van der Waals surface area contributed by atoms with E-state index in [9.17, 15) is 14.0 Å². The number of rotatable bonds is 5. The highest BCUT2D eigenvalue weighted by Gasteiger charge is 2.22. The topological polar surface area (TPSA) is 95.1 Å². The van der Waals surface area contributed by atoms with Crippen molar-refractivity contribution >= 4 is 27.8 Å². The van der Waals surface area contributed by atoms with Crippen molar-refractivity contribution in [3.63, 3.8) is 0 Å². The molecule has 1 heterocycles. The first-order valence-corrected chi connectivity index (χ1v) is 6.72. The van der Waals surface area contributed by atoms with Crippen LogP contribution in [-0.4, -0.2) is 33.0 Å². The summed E-state index contributed by atoms with van der Waals surface area (Å²) in [5.74, 6) is -2.44. The van der Waals surface area contributed by atoms with Crippen molar-refractivity contribution < 1.29 is 19.1 Å². The number of halogens is 2. The molecule has 0 aliphatic rings. The van der Waals surface area contributed by atoms with Crippen molar-refractivity contribution in [3.8, 4) is 0 Å². The number of benzene rings is 1. The standard InChI is InChI=1S/C13H11BrFN3O3/c14-9-2-1-7(3-10(9)15)12(19)18-11(13(20)21)4-8-5-16-6-17-8/h1-3,5-6,11H,4H2,(H,16,17)(H,18,19)(H,20,21)/t11-/m0/s1. The van der Waals surface area contributed by atoms with E-state index in [1.807, 2.05) is 0 Å². The molecule has 1 atom stereocenters. The van der Waals surface area contributed by atoms with Gasteiger partial charge in [-0.25, -0.2) is 14.2 Å². The number of nitrogens with one attached hydrogen (secondary N) is 2. The van der Waals surface area contributed by atoms with Gasteiger partial charge in [-0.3, -0.25) is 4.79 Å². The van der Waals surface area contributed by atoms with Crippen LogP contribution in [0.25, 0.3) is 0 Å². The Bertz CT molecular complexity index is 661. The molecule has 0 saturated heterocycles. The maximum Gasteiger partial charge on any atom is 0.326 e. The summed E-state index contributed by atoms with van der Waals surface area (Å²) in [5.41, 5.74) is 0.622. The summed E-state index contributed by atoms with van der Waals surface area (Å²) in [4.78, 5) is 29.7. The molecule has 0 aliphatic heterocycles. The van der Waals surface area contributed by atoms with Crippen LogP contribution in [0.5, 0.6) is 0 Å². The molecule has 0 bridgehead atoms. The number of aromatic nitrogens is 2. The number of aliphatic carboxylic acids is 1. The Kier molecular flexibility index (Phi) is 4.69. The summed E-state index contributed by atoms with van der Waals surface area (Å²) in [7, 11) is 0. The molecular formula is C13H11BrFN3O3. The summed E-state index contributed by atoms with van der Waals surface area (Å²) in [6.45, 7) is 0. The number of nitrogens with zero attached hydrogens (tertiary/aromatic N) is 1. The van der Waals surface area contributed by atoms with Crippen LogP contribution < -0.4 is 5.32 Å². The van der Waals surface area contributed by atoms with Gasteiger partial charge in [-0.05, 0) is 34.1 Å². The first kappa shape index (κ1) is 15.2. The smallest absolute Gasteiger partial charge is 0.326 e. The van der Waals surface area contributed by atoms with Gasteiger partial charge in [0.2, 0.25) is 0 Å². The number of carbonyl (C=O) groups is 2. The van der Waals surface area contributed by atoms with E-state index in [0.29, 0.717) is 5.69 Å². The largest absolute Gasteiger partial charge is 0.480 e. The van der Waals surface area contributed by atoms with Crippen LogP contribution in [0.3, 0.4) is 0 Å². The number of H-pyrrole nitrogens is 1. The SMILES string of the molecule is O=C(N[C@@H](Cc1cnc[nH]1)C(=O)O)c1ccc(Br)c(F)c1. The highest BCUT2D eigenvalue weighted by Crippen LogP contribution is 2.16. The number of hydrogen-bond donors (Lipinski definition) is 3. The Hall–Kier alpha value is -2.22. The minimum absolute atomic E-state index is 0.0477. The molecule has 0 saturated carbocycles. The van der Waals surface area contributed by atoms with Gasteiger partial charge in [0.1, 0.15) is 11.9 Å². The number of imidazole rings is 1. The predicted octanol–water partition coefficient (Wildman–Crippen LogP) is 1.74. The average Bonchev–Trinajstić information content (AvgIpc) is 2.93. The van der Waals surface area contributed by atoms with E-state index in [-0.39, 0.29) is 16.5 Å². The highest BCUT2D eigenvalue weighted by atomic mass is 79.9. The van der Waals surface area contributed by atoms with Gasteiger partial charge in [0, 0.05) is 23.9 Å². The molecule has 1 aromatic carbocycles. The van der Waals surface area contributed by atoms with Crippen LogP contribution in [0, 0.1) is 5.82 Å². The zero-order valence-electron chi connectivity index (χ0n) is 10.6. The van der Waals surface area contributed by atoms with Crippen LogP contribution >= 0.6 is 15.9 Å². The molecule has 0 fully saturated rings. The number of carbonyl (C=O) groups excluding carboxylic acids is 1. The minimum atomic E-state index is -1.18. The van der Waals surface area contributed by atoms with E-state index in [0.717, 1.165) is 6.07 Å². The second-order valence-corrected chi connectivity index (χ2v) is 5.13. The number of amides is 1. The van der Waals surface area contributed by atoms with Gasteiger partial charge in [0.25, 0.3) is 5.91 Å². The van der Waals surface area contributed by atoms with Gasteiger partial charge in [0.15, 0.2) is 0 Å². The minimum Gasteiger partial charge on any atom is -0.480 e. The third kappa shape index (κ3) is 3.88. The monoisotopic (exact) mass is 355 g/mol. The number of aromatic amines is 1. The van der Waals surface area contributed by atoms with Crippen molar-refractivity contribution in [2.75, 3.05) is 0 Å². The van der Waals surface area contributed by atoms with Crippen molar-refractivity contribution in [1.82, 2.24) is 15.3 Å². The zero-order valence-corrected chi connectivity index (χ0v) is 12.2. The fourth-order valence-corrected chi connectivity index (χ4v) is 1.94. The summed E-state index contributed by atoms with van der Waals surface area (Å²) in [6.07, 6.45) is 2.95. The third-order valence-electron chi connectivity index (χ3n) is 2.76. The molecule has 0 spiro atoms. The van der Waals surface area contributed by atoms with Gasteiger partial charge >= 0.3 is 5.97 Å². The highest BCUT2D eigenvalue weighted by molar-refractivity contribution is 9.10. The lowest BCUT2D eigenvalue weighted by atomic mass is 10.1. The van der Waals surface area contributed by atoms with E-state index >= 15 is 0 Å². The Morgan fingerprint density at radius 1 is 1.48 bits per heavy atom. The Labute approximate surface area is 127 Å². The summed E-state index contributed by atoms with van der Waals surface area (Å²) in [6, 6.07) is 2.69. The summed E-state index contributed by atoms with van der Waals surface area (Å²) < 4.78 is 13.6. The van der Waals surface area contributed by atoms with Crippen molar-refractivity contribution in [2.24, 2.45) is 0 Å². The lowest BCUT2D eigenvalue weighted by Crippen LogP contribution is -2.42. The molecule has 8 heteroatoms. The van der Waals surface area contributed by atoms with Gasteiger partial charge in [0.05, 0.1) is 10.8 Å². The van der Waals surface area contributed by atoms with Crippen molar-refractivity contribution in [1.29, 1.82) is 0 Å². The summed E-state index contributed by atoms with van der Waals surface area (Å²) >= 11 is 2.98. The maximum absolute atomic E-state index is 13.4.